The largest absolute Gasteiger partial charge is 0.481 e. The van der Waals surface area contributed by atoms with E-state index in [0.717, 1.165) is 22.2 Å². The van der Waals surface area contributed by atoms with Gasteiger partial charge in [-0.05, 0) is 41.8 Å². The van der Waals surface area contributed by atoms with Gasteiger partial charge in [-0.2, -0.15) is 0 Å². The SMILES string of the molecule is COc1nc(-c2ccc3cccc(F)c3c2)ccc1CC(CO)C(C)C. The van der Waals surface area contributed by atoms with Crippen LogP contribution in [0.15, 0.2) is 48.5 Å². The van der Waals surface area contributed by atoms with Crippen LogP contribution in [0.1, 0.15) is 19.4 Å². The molecule has 3 aromatic rings. The molecule has 0 aliphatic carbocycles. The van der Waals surface area contributed by atoms with Crippen LogP contribution in [0, 0.1) is 17.7 Å². The maximum atomic E-state index is 14.1. The Balaban J connectivity index is 1.98. The van der Waals surface area contributed by atoms with Crippen LogP contribution in [-0.4, -0.2) is 23.8 Å². The van der Waals surface area contributed by atoms with Gasteiger partial charge in [0, 0.05) is 23.1 Å². The zero-order valence-electron chi connectivity index (χ0n) is 15.4. The Bertz CT molecular complexity index is 908. The molecule has 0 saturated carbocycles. The van der Waals surface area contributed by atoms with Gasteiger partial charge in [-0.15, -0.1) is 0 Å². The number of ether oxygens (including phenoxy) is 1. The predicted molar refractivity (Wildman–Crippen MR) is 103 cm³/mol. The van der Waals surface area contributed by atoms with Gasteiger partial charge in [0.05, 0.1) is 12.8 Å². The number of rotatable bonds is 6. The minimum Gasteiger partial charge on any atom is -0.481 e. The summed E-state index contributed by atoms with van der Waals surface area (Å²) in [6, 6.07) is 14.6. The number of halogens is 1. The third-order valence-corrected chi connectivity index (χ3v) is 4.92. The molecule has 0 amide bonds. The second-order valence-electron chi connectivity index (χ2n) is 6.93. The lowest BCUT2D eigenvalue weighted by Gasteiger charge is -2.19. The number of aromatic nitrogens is 1. The molecular formula is C22H24FNO2. The second kappa shape index (κ2) is 7.83. The number of fused-ring (bicyclic) bond motifs is 1. The van der Waals surface area contributed by atoms with Crippen molar-refractivity contribution >= 4 is 10.8 Å². The zero-order chi connectivity index (χ0) is 18.7. The number of hydrogen-bond donors (Lipinski definition) is 1. The average molecular weight is 353 g/mol. The van der Waals surface area contributed by atoms with Crippen LogP contribution in [0.5, 0.6) is 5.88 Å². The fourth-order valence-corrected chi connectivity index (χ4v) is 3.15. The summed E-state index contributed by atoms with van der Waals surface area (Å²) in [5.74, 6) is 0.838. The molecule has 0 bridgehead atoms. The number of nitrogens with zero attached hydrogens (tertiary/aromatic N) is 1. The highest BCUT2D eigenvalue weighted by Gasteiger charge is 2.17. The van der Waals surface area contributed by atoms with Crippen molar-refractivity contribution in [1.82, 2.24) is 4.98 Å². The van der Waals surface area contributed by atoms with Crippen LogP contribution in [0.2, 0.25) is 0 Å². The number of pyridine rings is 1. The highest BCUT2D eigenvalue weighted by atomic mass is 19.1. The van der Waals surface area contributed by atoms with E-state index in [9.17, 15) is 9.50 Å². The summed E-state index contributed by atoms with van der Waals surface area (Å²) in [6.45, 7) is 4.32. The van der Waals surface area contributed by atoms with E-state index < -0.39 is 0 Å². The summed E-state index contributed by atoms with van der Waals surface area (Å²) in [4.78, 5) is 4.62. The van der Waals surface area contributed by atoms with Crippen molar-refractivity contribution in [2.45, 2.75) is 20.3 Å². The quantitative estimate of drug-likeness (QED) is 0.688. The molecule has 1 N–H and O–H groups in total. The van der Waals surface area contributed by atoms with Crippen LogP contribution in [-0.2, 0) is 6.42 Å². The Morgan fingerprint density at radius 3 is 2.62 bits per heavy atom. The lowest BCUT2D eigenvalue weighted by Crippen LogP contribution is -2.17. The minimum atomic E-state index is -0.240. The first-order chi connectivity index (χ1) is 12.5. The van der Waals surface area contributed by atoms with Crippen molar-refractivity contribution < 1.29 is 14.2 Å². The predicted octanol–water partition coefficient (Wildman–Crippen LogP) is 4.86. The molecule has 4 heteroatoms. The third kappa shape index (κ3) is 3.70. The number of benzene rings is 2. The molecule has 1 unspecified atom stereocenters. The van der Waals surface area contributed by atoms with Gasteiger partial charge < -0.3 is 9.84 Å². The molecule has 1 heterocycles. The molecule has 3 nitrogen and oxygen atoms in total. The van der Waals surface area contributed by atoms with Crippen molar-refractivity contribution in [1.29, 1.82) is 0 Å². The van der Waals surface area contributed by atoms with Gasteiger partial charge in [0.2, 0.25) is 5.88 Å². The smallest absolute Gasteiger partial charge is 0.216 e. The van der Waals surface area contributed by atoms with Gasteiger partial charge in [0.15, 0.2) is 0 Å². The van der Waals surface area contributed by atoms with Crippen molar-refractivity contribution in [3.8, 4) is 17.1 Å². The maximum absolute atomic E-state index is 14.1. The van der Waals surface area contributed by atoms with E-state index in [1.807, 2.05) is 36.4 Å². The molecule has 0 aliphatic rings. The zero-order valence-corrected chi connectivity index (χ0v) is 15.4. The Kier molecular flexibility index (Phi) is 5.52. The average Bonchev–Trinajstić information content (AvgIpc) is 2.66. The summed E-state index contributed by atoms with van der Waals surface area (Å²) >= 11 is 0. The summed E-state index contributed by atoms with van der Waals surface area (Å²) in [7, 11) is 1.60. The molecule has 1 atom stereocenters. The van der Waals surface area contributed by atoms with Crippen molar-refractivity contribution in [2.24, 2.45) is 11.8 Å². The monoisotopic (exact) mass is 353 g/mol. The Labute approximate surface area is 153 Å². The lowest BCUT2D eigenvalue weighted by molar-refractivity contribution is 0.188. The van der Waals surface area contributed by atoms with Crippen molar-refractivity contribution in [2.75, 3.05) is 13.7 Å². The lowest BCUT2D eigenvalue weighted by atomic mass is 9.90. The normalized spacial score (nSPS) is 12.5. The van der Waals surface area contributed by atoms with Crippen LogP contribution in [0.25, 0.3) is 22.0 Å². The molecular weight excluding hydrogens is 329 g/mol. The number of aliphatic hydroxyl groups excluding tert-OH is 1. The standard InChI is InChI=1S/C22H24FNO2/c1-14(2)18(13-25)11-17-9-10-21(24-22(17)26-3)16-8-7-15-5-4-6-20(23)19(15)12-16/h4-10,12,14,18,25H,11,13H2,1-3H3. The molecule has 2 aromatic carbocycles. The van der Waals surface area contributed by atoms with Gasteiger partial charge in [0.1, 0.15) is 5.82 Å². The Hall–Kier alpha value is -2.46. The van der Waals surface area contributed by atoms with E-state index in [2.05, 4.69) is 18.8 Å². The van der Waals surface area contributed by atoms with Gasteiger partial charge >= 0.3 is 0 Å². The molecule has 0 radical (unpaired) electrons. The fraction of sp³-hybridized carbons (Fsp3) is 0.318. The molecule has 0 spiro atoms. The fourth-order valence-electron chi connectivity index (χ4n) is 3.15. The van der Waals surface area contributed by atoms with Gasteiger partial charge in [0.25, 0.3) is 0 Å². The van der Waals surface area contributed by atoms with E-state index >= 15 is 0 Å². The molecule has 1 aromatic heterocycles. The highest BCUT2D eigenvalue weighted by Crippen LogP contribution is 2.29. The first-order valence-corrected chi connectivity index (χ1v) is 8.87. The molecule has 3 rings (SSSR count). The molecule has 0 fully saturated rings. The maximum Gasteiger partial charge on any atom is 0.216 e. The van der Waals surface area contributed by atoms with Crippen LogP contribution in [0.4, 0.5) is 4.39 Å². The van der Waals surface area contributed by atoms with Crippen molar-refractivity contribution in [3.63, 3.8) is 0 Å². The van der Waals surface area contributed by atoms with E-state index in [4.69, 9.17) is 4.74 Å². The Morgan fingerprint density at radius 1 is 1.12 bits per heavy atom. The number of aliphatic hydroxyl groups is 1. The van der Waals surface area contributed by atoms with E-state index in [1.165, 1.54) is 6.07 Å². The summed E-state index contributed by atoms with van der Waals surface area (Å²) < 4.78 is 19.6. The second-order valence-corrected chi connectivity index (χ2v) is 6.93. The van der Waals surface area contributed by atoms with Crippen molar-refractivity contribution in [3.05, 3.63) is 59.9 Å². The van der Waals surface area contributed by atoms with E-state index in [-0.39, 0.29) is 18.3 Å². The first kappa shape index (κ1) is 18.3. The number of methoxy groups -OCH3 is 1. The van der Waals surface area contributed by atoms with Gasteiger partial charge in [-0.3, -0.25) is 0 Å². The summed E-state index contributed by atoms with van der Waals surface area (Å²) in [5, 5.41) is 11.0. The highest BCUT2D eigenvalue weighted by molar-refractivity contribution is 5.87. The molecule has 136 valence electrons. The van der Waals surface area contributed by atoms with E-state index in [0.29, 0.717) is 23.6 Å². The molecule has 26 heavy (non-hydrogen) atoms. The third-order valence-electron chi connectivity index (χ3n) is 4.92. The molecule has 0 aliphatic heterocycles. The molecule has 0 saturated heterocycles. The van der Waals surface area contributed by atoms with Crippen LogP contribution in [0.3, 0.4) is 0 Å². The van der Waals surface area contributed by atoms with Crippen LogP contribution >= 0.6 is 0 Å². The summed E-state index contributed by atoms with van der Waals surface area (Å²) in [6.07, 6.45) is 0.705. The van der Waals surface area contributed by atoms with Gasteiger partial charge in [-0.1, -0.05) is 44.2 Å². The van der Waals surface area contributed by atoms with E-state index in [1.54, 1.807) is 13.2 Å². The minimum absolute atomic E-state index is 0.131. The van der Waals surface area contributed by atoms with Crippen LogP contribution < -0.4 is 4.74 Å². The summed E-state index contributed by atoms with van der Waals surface area (Å²) in [5.41, 5.74) is 2.55. The topological polar surface area (TPSA) is 42.4 Å². The first-order valence-electron chi connectivity index (χ1n) is 8.87. The Morgan fingerprint density at radius 2 is 1.92 bits per heavy atom. The number of hydrogen-bond acceptors (Lipinski definition) is 3. The van der Waals surface area contributed by atoms with Gasteiger partial charge in [-0.25, -0.2) is 9.37 Å².